The van der Waals surface area contributed by atoms with Gasteiger partial charge >= 0.3 is 5.97 Å². The van der Waals surface area contributed by atoms with E-state index in [0.717, 1.165) is 35.2 Å². The highest BCUT2D eigenvalue weighted by Gasteiger charge is 2.32. The summed E-state index contributed by atoms with van der Waals surface area (Å²) in [6, 6.07) is 23.6. The van der Waals surface area contributed by atoms with E-state index in [1.807, 2.05) is 34.9 Å². The van der Waals surface area contributed by atoms with Gasteiger partial charge in [-0.3, -0.25) is 14.2 Å². The van der Waals surface area contributed by atoms with Crippen molar-refractivity contribution in [1.82, 2.24) is 4.57 Å². The molecule has 0 N–H and O–H groups in total. The Morgan fingerprint density at radius 1 is 1.03 bits per heavy atom. The van der Waals surface area contributed by atoms with Crippen LogP contribution in [0.4, 0.5) is 0 Å². The number of esters is 1. The van der Waals surface area contributed by atoms with Crippen LogP contribution in [0.3, 0.4) is 0 Å². The number of carbonyl (C=O) groups is 1. The molecule has 37 heavy (non-hydrogen) atoms. The van der Waals surface area contributed by atoms with Gasteiger partial charge in [-0.05, 0) is 53.3 Å². The average Bonchev–Trinajstić information content (AvgIpc) is 3.22. The van der Waals surface area contributed by atoms with Crippen LogP contribution in [0.5, 0.6) is 11.5 Å². The standard InChI is InChI=1S/C30H24N2O4S/c1-18(33)36-24-15-12-19(16-25(24)35-2)17-26-29(34)32-28(21-9-4-3-5-10-21)23-14-13-20-8-6-7-11-22(20)27(23)31-30(32)37-26/h3-12,15-17,28H,13-14H2,1-2H3/b26-17-/t28-/m1/s1. The van der Waals surface area contributed by atoms with Crippen LogP contribution >= 0.6 is 11.3 Å². The zero-order chi connectivity index (χ0) is 25.5. The number of thiazole rings is 1. The number of fused-ring (bicyclic) bond motifs is 3. The van der Waals surface area contributed by atoms with E-state index in [2.05, 4.69) is 30.3 Å². The number of nitrogens with zero attached hydrogens (tertiary/aromatic N) is 2. The Morgan fingerprint density at radius 3 is 2.59 bits per heavy atom. The molecule has 0 unspecified atom stereocenters. The minimum absolute atomic E-state index is 0.0777. The number of allylic oxidation sites excluding steroid dienone is 1. The highest BCUT2D eigenvalue weighted by molar-refractivity contribution is 7.07. The number of aromatic nitrogens is 1. The largest absolute Gasteiger partial charge is 0.493 e. The SMILES string of the molecule is COc1cc(/C=c2\sc3n(c2=O)[C@H](c2ccccc2)C2=C(N=3)c3ccccc3CC2)ccc1OC(C)=O. The van der Waals surface area contributed by atoms with Gasteiger partial charge in [0.05, 0.1) is 23.4 Å². The lowest BCUT2D eigenvalue weighted by atomic mass is 9.83. The van der Waals surface area contributed by atoms with Crippen molar-refractivity contribution >= 4 is 29.1 Å². The fourth-order valence-electron chi connectivity index (χ4n) is 5.12. The maximum atomic E-state index is 13.8. The number of hydrogen-bond acceptors (Lipinski definition) is 6. The van der Waals surface area contributed by atoms with Gasteiger partial charge in [-0.2, -0.15) is 0 Å². The number of methoxy groups -OCH3 is 1. The van der Waals surface area contributed by atoms with Crippen molar-refractivity contribution in [3.63, 3.8) is 0 Å². The average molecular weight is 509 g/mol. The highest BCUT2D eigenvalue weighted by atomic mass is 32.1. The Hall–Kier alpha value is -4.23. The molecule has 2 heterocycles. The van der Waals surface area contributed by atoms with Crippen LogP contribution < -0.4 is 24.4 Å². The fraction of sp³-hybridized carbons (Fsp3) is 0.167. The van der Waals surface area contributed by atoms with Crippen molar-refractivity contribution in [2.75, 3.05) is 7.11 Å². The van der Waals surface area contributed by atoms with Crippen LogP contribution in [-0.2, 0) is 11.2 Å². The molecule has 0 radical (unpaired) electrons. The topological polar surface area (TPSA) is 69.9 Å². The number of aryl methyl sites for hydroxylation is 1. The van der Waals surface area contributed by atoms with E-state index in [-0.39, 0.29) is 11.6 Å². The van der Waals surface area contributed by atoms with Crippen molar-refractivity contribution in [2.24, 2.45) is 4.99 Å². The number of carbonyl (C=O) groups excluding carboxylic acids is 1. The van der Waals surface area contributed by atoms with Gasteiger partial charge in [0.15, 0.2) is 16.3 Å². The van der Waals surface area contributed by atoms with Gasteiger partial charge < -0.3 is 9.47 Å². The molecule has 4 aromatic rings. The normalized spacial score (nSPS) is 16.4. The third kappa shape index (κ3) is 4.11. The fourth-order valence-corrected chi connectivity index (χ4v) is 6.12. The minimum Gasteiger partial charge on any atom is -0.493 e. The number of benzene rings is 3. The Kier molecular flexibility index (Phi) is 5.85. The second-order valence-electron chi connectivity index (χ2n) is 9.03. The summed E-state index contributed by atoms with van der Waals surface area (Å²) in [5.41, 5.74) is 6.36. The van der Waals surface area contributed by atoms with E-state index in [9.17, 15) is 9.59 Å². The first-order valence-electron chi connectivity index (χ1n) is 12.1. The molecule has 1 aliphatic carbocycles. The zero-order valence-corrected chi connectivity index (χ0v) is 21.2. The molecule has 0 bridgehead atoms. The summed E-state index contributed by atoms with van der Waals surface area (Å²) in [4.78, 5) is 31.0. The molecule has 0 fully saturated rings. The first kappa shape index (κ1) is 23.2. The summed E-state index contributed by atoms with van der Waals surface area (Å²) < 4.78 is 13.0. The Labute approximate surface area is 217 Å². The number of rotatable bonds is 4. The maximum Gasteiger partial charge on any atom is 0.308 e. The van der Waals surface area contributed by atoms with Gasteiger partial charge in [0.1, 0.15) is 0 Å². The summed E-state index contributed by atoms with van der Waals surface area (Å²) in [5, 5.41) is 0. The van der Waals surface area contributed by atoms with Crippen LogP contribution in [0.1, 0.15) is 41.6 Å². The molecule has 1 atom stereocenters. The molecule has 0 saturated heterocycles. The molecule has 0 amide bonds. The number of hydrogen-bond donors (Lipinski definition) is 0. The molecule has 0 spiro atoms. The van der Waals surface area contributed by atoms with Crippen LogP contribution in [0.25, 0.3) is 11.8 Å². The lowest BCUT2D eigenvalue weighted by molar-refractivity contribution is -0.132. The quantitative estimate of drug-likeness (QED) is 0.305. The third-order valence-electron chi connectivity index (χ3n) is 6.73. The Morgan fingerprint density at radius 2 is 1.81 bits per heavy atom. The molecule has 7 heteroatoms. The summed E-state index contributed by atoms with van der Waals surface area (Å²) in [6.07, 6.45) is 3.61. The molecular formula is C30H24N2O4S. The molecule has 184 valence electrons. The lowest BCUT2D eigenvalue weighted by Crippen LogP contribution is -2.38. The summed E-state index contributed by atoms with van der Waals surface area (Å²) >= 11 is 1.38. The monoisotopic (exact) mass is 508 g/mol. The molecule has 1 aromatic heterocycles. The van der Waals surface area contributed by atoms with Crippen molar-refractivity contribution in [3.8, 4) is 11.5 Å². The molecular weight excluding hydrogens is 484 g/mol. The summed E-state index contributed by atoms with van der Waals surface area (Å²) in [7, 11) is 1.52. The highest BCUT2D eigenvalue weighted by Crippen LogP contribution is 2.41. The van der Waals surface area contributed by atoms with Crippen LogP contribution in [-0.4, -0.2) is 17.6 Å². The van der Waals surface area contributed by atoms with E-state index in [1.165, 1.54) is 36.5 Å². The van der Waals surface area contributed by atoms with Crippen LogP contribution in [0.2, 0.25) is 0 Å². The van der Waals surface area contributed by atoms with Gasteiger partial charge in [0.25, 0.3) is 5.56 Å². The number of ether oxygens (including phenoxy) is 2. The van der Waals surface area contributed by atoms with Gasteiger partial charge in [-0.25, -0.2) is 4.99 Å². The van der Waals surface area contributed by atoms with E-state index < -0.39 is 5.97 Å². The first-order valence-corrected chi connectivity index (χ1v) is 12.9. The van der Waals surface area contributed by atoms with E-state index in [1.54, 1.807) is 18.2 Å². The van der Waals surface area contributed by atoms with E-state index >= 15 is 0 Å². The van der Waals surface area contributed by atoms with E-state index in [4.69, 9.17) is 14.5 Å². The van der Waals surface area contributed by atoms with Gasteiger partial charge in [-0.1, -0.05) is 72.0 Å². The van der Waals surface area contributed by atoms with Crippen molar-refractivity contribution in [3.05, 3.63) is 120 Å². The Balaban J connectivity index is 1.54. The van der Waals surface area contributed by atoms with Crippen LogP contribution in [0, 0.1) is 0 Å². The molecule has 3 aromatic carbocycles. The zero-order valence-electron chi connectivity index (χ0n) is 20.4. The lowest BCUT2D eigenvalue weighted by Gasteiger charge is -2.30. The minimum atomic E-state index is -0.425. The molecule has 2 aliphatic rings. The molecule has 1 aliphatic heterocycles. The second kappa shape index (κ2) is 9.33. The van der Waals surface area contributed by atoms with Crippen molar-refractivity contribution in [1.29, 1.82) is 0 Å². The second-order valence-corrected chi connectivity index (χ2v) is 10.0. The van der Waals surface area contributed by atoms with Crippen LogP contribution in [0.15, 0.2) is 88.2 Å². The van der Waals surface area contributed by atoms with Gasteiger partial charge in [-0.15, -0.1) is 0 Å². The Bertz CT molecular complexity index is 1750. The smallest absolute Gasteiger partial charge is 0.308 e. The van der Waals surface area contributed by atoms with Crippen molar-refractivity contribution < 1.29 is 14.3 Å². The predicted octanol–water partition coefficient (Wildman–Crippen LogP) is 4.25. The van der Waals surface area contributed by atoms with Crippen molar-refractivity contribution in [2.45, 2.75) is 25.8 Å². The molecule has 0 saturated carbocycles. The third-order valence-corrected chi connectivity index (χ3v) is 7.71. The first-order chi connectivity index (χ1) is 18.0. The molecule has 6 rings (SSSR count). The summed E-state index contributed by atoms with van der Waals surface area (Å²) in [5.74, 6) is 0.334. The predicted molar refractivity (Wildman–Crippen MR) is 143 cm³/mol. The maximum absolute atomic E-state index is 13.8. The summed E-state index contributed by atoms with van der Waals surface area (Å²) in [6.45, 7) is 1.34. The van der Waals surface area contributed by atoms with Gasteiger partial charge in [0.2, 0.25) is 0 Å². The molecule has 6 nitrogen and oxygen atoms in total. The van der Waals surface area contributed by atoms with E-state index in [0.29, 0.717) is 20.8 Å². The van der Waals surface area contributed by atoms with Gasteiger partial charge in [0, 0.05) is 12.5 Å².